The molecule has 3 rings (SSSR count). The summed E-state index contributed by atoms with van der Waals surface area (Å²) in [6.45, 7) is 1.12. The third kappa shape index (κ3) is 3.00. The molecule has 24 heavy (non-hydrogen) atoms. The van der Waals surface area contributed by atoms with Crippen molar-refractivity contribution in [3.8, 4) is 11.3 Å². The summed E-state index contributed by atoms with van der Waals surface area (Å²) in [5.74, 6) is -1.88. The van der Waals surface area contributed by atoms with Crippen LogP contribution in [0.25, 0.3) is 11.3 Å². The molecule has 1 aromatic heterocycles. The van der Waals surface area contributed by atoms with Gasteiger partial charge in [0.05, 0.1) is 10.6 Å². The number of nitro groups is 1. The lowest BCUT2D eigenvalue weighted by atomic mass is 10.1. The maximum Gasteiger partial charge on any atom is 0.323 e. The van der Waals surface area contributed by atoms with Crippen LogP contribution < -0.4 is 5.32 Å². The van der Waals surface area contributed by atoms with Crippen molar-refractivity contribution in [2.24, 2.45) is 0 Å². The molecule has 7 nitrogen and oxygen atoms in total. The number of likely N-dealkylation sites (tertiary alicyclic amines) is 1. The first-order valence-corrected chi connectivity index (χ1v) is 7.12. The van der Waals surface area contributed by atoms with Crippen LogP contribution >= 0.6 is 0 Å². The van der Waals surface area contributed by atoms with Crippen LogP contribution in [0, 0.1) is 21.7 Å². The van der Waals surface area contributed by atoms with E-state index in [-0.39, 0.29) is 17.1 Å². The molecule has 9 heteroatoms. The number of rotatable bonds is 3. The number of nitrogens with one attached hydrogen (secondary N) is 1. The fraction of sp³-hybridized carbons (Fsp3) is 0.200. The number of carbonyl (C=O) groups excluding carboxylic acids is 1. The van der Waals surface area contributed by atoms with Crippen LogP contribution in [0.3, 0.4) is 0 Å². The highest BCUT2D eigenvalue weighted by Gasteiger charge is 2.25. The number of amides is 2. The first-order chi connectivity index (χ1) is 11.5. The van der Waals surface area contributed by atoms with Crippen molar-refractivity contribution < 1.29 is 18.5 Å². The molecule has 2 heterocycles. The molecule has 0 saturated carbocycles. The van der Waals surface area contributed by atoms with Crippen molar-refractivity contribution >= 4 is 17.5 Å². The number of urea groups is 1. The lowest BCUT2D eigenvalue weighted by Crippen LogP contribution is -2.44. The average Bonchev–Trinajstić information content (AvgIpc) is 2.44. The van der Waals surface area contributed by atoms with E-state index < -0.39 is 28.3 Å². The molecule has 1 fully saturated rings. The number of aromatic nitrogens is 1. The fourth-order valence-electron chi connectivity index (χ4n) is 2.24. The monoisotopic (exact) mass is 334 g/mol. The van der Waals surface area contributed by atoms with Gasteiger partial charge in [-0.1, -0.05) is 0 Å². The Kier molecular flexibility index (Phi) is 4.07. The molecular formula is C15H12F2N4O3. The van der Waals surface area contributed by atoms with Crippen molar-refractivity contribution in [3.05, 3.63) is 52.1 Å². The van der Waals surface area contributed by atoms with Crippen LogP contribution in [-0.4, -0.2) is 33.9 Å². The Balaban J connectivity index is 1.98. The Bertz CT molecular complexity index is 824. The van der Waals surface area contributed by atoms with E-state index in [4.69, 9.17) is 0 Å². The Morgan fingerprint density at radius 2 is 2.00 bits per heavy atom. The van der Waals surface area contributed by atoms with E-state index in [0.29, 0.717) is 19.2 Å². The predicted molar refractivity (Wildman–Crippen MR) is 81.5 cm³/mol. The second-order valence-corrected chi connectivity index (χ2v) is 5.22. The number of pyridine rings is 1. The zero-order chi connectivity index (χ0) is 17.3. The van der Waals surface area contributed by atoms with Gasteiger partial charge in [-0.25, -0.2) is 18.6 Å². The molecule has 0 bridgehead atoms. The second-order valence-electron chi connectivity index (χ2n) is 5.22. The summed E-state index contributed by atoms with van der Waals surface area (Å²) in [5.41, 5.74) is -0.377. The summed E-state index contributed by atoms with van der Waals surface area (Å²) in [5, 5.41) is 13.5. The summed E-state index contributed by atoms with van der Waals surface area (Å²) >= 11 is 0. The molecule has 1 saturated heterocycles. The van der Waals surface area contributed by atoms with Crippen LogP contribution in [0.4, 0.5) is 25.1 Å². The summed E-state index contributed by atoms with van der Waals surface area (Å²) in [7, 11) is 0. The van der Waals surface area contributed by atoms with E-state index >= 15 is 0 Å². The lowest BCUT2D eigenvalue weighted by molar-refractivity contribution is -0.384. The first-order valence-electron chi connectivity index (χ1n) is 7.12. The Hall–Kier alpha value is -3.10. The Labute approximate surface area is 135 Å². The number of benzene rings is 1. The maximum absolute atomic E-state index is 13.9. The standard InChI is InChI=1S/C15H12F2N4O3/c16-9-2-3-10(11(17)8-9)12-4-5-13(21(23)24)14(18-12)19-15(22)20-6-1-7-20/h2-5,8H,1,6-7H2,(H,18,19,22). The zero-order valence-corrected chi connectivity index (χ0v) is 12.3. The smallest absolute Gasteiger partial charge is 0.323 e. The van der Waals surface area contributed by atoms with Crippen LogP contribution in [0.15, 0.2) is 30.3 Å². The highest BCUT2D eigenvalue weighted by Crippen LogP contribution is 2.29. The SMILES string of the molecule is O=C(Nc1nc(-c2ccc(F)cc2F)ccc1[N+](=O)[O-])N1CCC1. The van der Waals surface area contributed by atoms with Crippen LogP contribution in [0.2, 0.25) is 0 Å². The van der Waals surface area contributed by atoms with Crippen LogP contribution in [0.5, 0.6) is 0 Å². The van der Waals surface area contributed by atoms with Crippen molar-refractivity contribution in [1.82, 2.24) is 9.88 Å². The molecule has 1 aliphatic heterocycles. The summed E-state index contributed by atoms with van der Waals surface area (Å²) in [6, 6.07) is 4.79. The van der Waals surface area contributed by atoms with Crippen molar-refractivity contribution in [3.63, 3.8) is 0 Å². The number of hydrogen-bond donors (Lipinski definition) is 1. The summed E-state index contributed by atoms with van der Waals surface area (Å²) < 4.78 is 26.9. The van der Waals surface area contributed by atoms with Gasteiger partial charge >= 0.3 is 11.7 Å². The molecule has 1 aromatic carbocycles. The first kappa shape index (κ1) is 15.8. The van der Waals surface area contributed by atoms with Gasteiger partial charge in [0.1, 0.15) is 11.6 Å². The third-order valence-corrected chi connectivity index (χ3v) is 3.65. The molecule has 1 N–H and O–H groups in total. The van der Waals surface area contributed by atoms with Gasteiger partial charge in [0.2, 0.25) is 5.82 Å². The Morgan fingerprint density at radius 1 is 1.25 bits per heavy atom. The molecule has 2 amide bonds. The van der Waals surface area contributed by atoms with E-state index in [1.165, 1.54) is 17.0 Å². The molecule has 0 spiro atoms. The van der Waals surface area contributed by atoms with Gasteiger partial charge in [-0.2, -0.15) is 0 Å². The highest BCUT2D eigenvalue weighted by atomic mass is 19.1. The van der Waals surface area contributed by atoms with Gasteiger partial charge < -0.3 is 4.90 Å². The molecular weight excluding hydrogens is 322 g/mol. The topological polar surface area (TPSA) is 88.4 Å². The molecule has 124 valence electrons. The van der Waals surface area contributed by atoms with E-state index in [9.17, 15) is 23.7 Å². The summed E-state index contributed by atoms with van der Waals surface area (Å²) in [4.78, 5) is 27.8. The number of anilines is 1. The van der Waals surface area contributed by atoms with Gasteiger partial charge in [0.25, 0.3) is 0 Å². The molecule has 1 aliphatic rings. The van der Waals surface area contributed by atoms with Crippen LogP contribution in [0.1, 0.15) is 6.42 Å². The van der Waals surface area contributed by atoms with Crippen LogP contribution in [-0.2, 0) is 0 Å². The molecule has 0 unspecified atom stereocenters. The van der Waals surface area contributed by atoms with E-state index in [2.05, 4.69) is 10.3 Å². The van der Waals surface area contributed by atoms with Crippen molar-refractivity contribution in [1.29, 1.82) is 0 Å². The number of carbonyl (C=O) groups is 1. The number of nitrogens with zero attached hydrogens (tertiary/aromatic N) is 3. The third-order valence-electron chi connectivity index (χ3n) is 3.65. The van der Waals surface area contributed by atoms with E-state index in [1.54, 1.807) is 0 Å². The lowest BCUT2D eigenvalue weighted by Gasteiger charge is -2.30. The van der Waals surface area contributed by atoms with Gasteiger partial charge in [-0.05, 0) is 24.6 Å². The molecule has 0 aliphatic carbocycles. The van der Waals surface area contributed by atoms with Gasteiger partial charge in [-0.3, -0.25) is 15.4 Å². The highest BCUT2D eigenvalue weighted by molar-refractivity contribution is 5.91. The number of halogens is 2. The second kappa shape index (κ2) is 6.19. The van der Waals surface area contributed by atoms with Gasteiger partial charge in [-0.15, -0.1) is 0 Å². The van der Waals surface area contributed by atoms with E-state index in [0.717, 1.165) is 18.6 Å². The minimum Gasteiger partial charge on any atom is -0.324 e. The minimum absolute atomic E-state index is 0.0225. The Morgan fingerprint density at radius 3 is 2.58 bits per heavy atom. The zero-order valence-electron chi connectivity index (χ0n) is 12.3. The normalized spacial score (nSPS) is 13.3. The average molecular weight is 334 g/mol. The predicted octanol–water partition coefficient (Wildman–Crippen LogP) is 3.17. The fourth-order valence-corrected chi connectivity index (χ4v) is 2.24. The largest absolute Gasteiger partial charge is 0.324 e. The maximum atomic E-state index is 13.9. The van der Waals surface area contributed by atoms with Gasteiger partial charge in [0.15, 0.2) is 0 Å². The molecule has 0 radical (unpaired) electrons. The van der Waals surface area contributed by atoms with Crippen molar-refractivity contribution in [2.75, 3.05) is 18.4 Å². The summed E-state index contributed by atoms with van der Waals surface area (Å²) in [6.07, 6.45) is 0.865. The van der Waals surface area contributed by atoms with Gasteiger partial charge in [0, 0.05) is 30.8 Å². The molecule has 2 aromatic rings. The number of hydrogen-bond acceptors (Lipinski definition) is 4. The van der Waals surface area contributed by atoms with Crippen molar-refractivity contribution in [2.45, 2.75) is 6.42 Å². The van der Waals surface area contributed by atoms with E-state index in [1.807, 2.05) is 0 Å². The molecule has 0 atom stereocenters. The quantitative estimate of drug-likeness (QED) is 0.690. The minimum atomic E-state index is -0.851.